The van der Waals surface area contributed by atoms with Crippen LogP contribution in [0.4, 0.5) is 5.95 Å². The maximum atomic E-state index is 5.17. The zero-order chi connectivity index (χ0) is 16.1. The van der Waals surface area contributed by atoms with Crippen molar-refractivity contribution in [1.82, 2.24) is 24.4 Å². The van der Waals surface area contributed by atoms with Crippen molar-refractivity contribution < 1.29 is 4.74 Å². The van der Waals surface area contributed by atoms with Crippen LogP contribution in [0.3, 0.4) is 0 Å². The summed E-state index contributed by atoms with van der Waals surface area (Å²) >= 11 is 0. The molecule has 0 bridgehead atoms. The number of aromatic nitrogens is 4. The van der Waals surface area contributed by atoms with Gasteiger partial charge in [0.1, 0.15) is 5.82 Å². The van der Waals surface area contributed by atoms with Crippen molar-refractivity contribution >= 4 is 5.95 Å². The molecule has 2 aromatic rings. The summed E-state index contributed by atoms with van der Waals surface area (Å²) in [5.74, 6) is 2.51. The Bertz CT molecular complexity index is 621. The summed E-state index contributed by atoms with van der Waals surface area (Å²) in [5, 5.41) is 0. The summed E-state index contributed by atoms with van der Waals surface area (Å²) in [6.07, 6.45) is 6.84. The zero-order valence-corrected chi connectivity index (χ0v) is 13.9. The predicted molar refractivity (Wildman–Crippen MR) is 88.6 cm³/mol. The van der Waals surface area contributed by atoms with E-state index in [2.05, 4.69) is 42.4 Å². The van der Waals surface area contributed by atoms with Gasteiger partial charge in [0.05, 0.1) is 13.7 Å². The molecule has 23 heavy (non-hydrogen) atoms. The molecule has 0 unspecified atom stereocenters. The van der Waals surface area contributed by atoms with E-state index in [1.54, 1.807) is 19.4 Å². The fraction of sp³-hybridized carbons (Fsp3) is 0.562. The maximum Gasteiger partial charge on any atom is 0.228 e. The smallest absolute Gasteiger partial charge is 0.228 e. The average molecular weight is 316 g/mol. The van der Waals surface area contributed by atoms with Crippen molar-refractivity contribution in [2.45, 2.75) is 26.4 Å². The summed E-state index contributed by atoms with van der Waals surface area (Å²) in [6, 6.07) is 1.77. The van der Waals surface area contributed by atoms with Crippen LogP contribution in [0.25, 0.3) is 0 Å². The lowest BCUT2D eigenvalue weighted by molar-refractivity contribution is 0.239. The van der Waals surface area contributed by atoms with Crippen LogP contribution in [0.2, 0.25) is 0 Å². The molecule has 0 amide bonds. The molecule has 0 N–H and O–H groups in total. The van der Waals surface area contributed by atoms with Crippen LogP contribution in [0.5, 0.6) is 5.88 Å². The minimum absolute atomic E-state index is 0.610. The van der Waals surface area contributed by atoms with E-state index >= 15 is 0 Å². The van der Waals surface area contributed by atoms with Gasteiger partial charge in [-0.1, -0.05) is 6.92 Å². The number of methoxy groups -OCH3 is 1. The third-order valence-corrected chi connectivity index (χ3v) is 4.11. The molecular formula is C16H24N6O. The van der Waals surface area contributed by atoms with Gasteiger partial charge in [-0.3, -0.25) is 4.90 Å². The Morgan fingerprint density at radius 2 is 1.96 bits per heavy atom. The molecule has 1 aliphatic rings. The Kier molecular flexibility index (Phi) is 5.07. The number of aryl methyl sites for hydroxylation is 1. The molecule has 0 aromatic carbocycles. The van der Waals surface area contributed by atoms with Crippen molar-refractivity contribution in [1.29, 1.82) is 0 Å². The van der Waals surface area contributed by atoms with E-state index in [4.69, 9.17) is 4.74 Å². The van der Waals surface area contributed by atoms with Crippen LogP contribution in [-0.4, -0.2) is 57.7 Å². The van der Waals surface area contributed by atoms with E-state index in [1.165, 1.54) is 0 Å². The largest absolute Gasteiger partial charge is 0.481 e. The third-order valence-electron chi connectivity index (χ3n) is 4.11. The highest BCUT2D eigenvalue weighted by Crippen LogP contribution is 2.15. The molecular weight excluding hydrogens is 292 g/mol. The van der Waals surface area contributed by atoms with Gasteiger partial charge in [-0.05, 0) is 6.42 Å². The van der Waals surface area contributed by atoms with Crippen LogP contribution in [0.1, 0.15) is 19.2 Å². The first-order chi connectivity index (χ1) is 11.3. The molecule has 0 saturated carbocycles. The Hall–Kier alpha value is -2.15. The molecule has 0 spiro atoms. The maximum absolute atomic E-state index is 5.17. The van der Waals surface area contributed by atoms with E-state index in [9.17, 15) is 0 Å². The fourth-order valence-corrected chi connectivity index (χ4v) is 2.84. The minimum atomic E-state index is 0.610. The Labute approximate surface area is 136 Å². The second-order valence-electron chi connectivity index (χ2n) is 5.70. The molecule has 1 saturated heterocycles. The second-order valence-corrected chi connectivity index (χ2v) is 5.70. The van der Waals surface area contributed by atoms with E-state index in [1.807, 2.05) is 6.20 Å². The van der Waals surface area contributed by atoms with Gasteiger partial charge in [0.15, 0.2) is 0 Å². The lowest BCUT2D eigenvalue weighted by Crippen LogP contribution is -2.46. The SMILES string of the molecule is CCCn1ccnc1CN1CCN(c2nccc(OC)n2)CC1. The van der Waals surface area contributed by atoms with Gasteiger partial charge < -0.3 is 14.2 Å². The van der Waals surface area contributed by atoms with Crippen molar-refractivity contribution in [3.8, 4) is 5.88 Å². The Morgan fingerprint density at radius 1 is 1.13 bits per heavy atom. The highest BCUT2D eigenvalue weighted by molar-refractivity contribution is 5.32. The Balaban J connectivity index is 1.56. The quantitative estimate of drug-likeness (QED) is 0.803. The second kappa shape index (κ2) is 7.41. The monoisotopic (exact) mass is 316 g/mol. The first-order valence-corrected chi connectivity index (χ1v) is 8.14. The molecule has 7 nitrogen and oxygen atoms in total. The van der Waals surface area contributed by atoms with Gasteiger partial charge >= 0.3 is 0 Å². The summed E-state index contributed by atoms with van der Waals surface area (Å²) in [7, 11) is 1.63. The number of piperazine rings is 1. The van der Waals surface area contributed by atoms with Crippen molar-refractivity contribution in [2.75, 3.05) is 38.2 Å². The van der Waals surface area contributed by atoms with Crippen LogP contribution < -0.4 is 9.64 Å². The third kappa shape index (κ3) is 3.79. The molecule has 124 valence electrons. The first-order valence-electron chi connectivity index (χ1n) is 8.14. The van der Waals surface area contributed by atoms with E-state index < -0.39 is 0 Å². The number of nitrogens with zero attached hydrogens (tertiary/aromatic N) is 6. The first kappa shape index (κ1) is 15.7. The van der Waals surface area contributed by atoms with Crippen LogP contribution in [0.15, 0.2) is 24.7 Å². The number of ether oxygens (including phenoxy) is 1. The molecule has 1 aliphatic heterocycles. The van der Waals surface area contributed by atoms with Gasteiger partial charge in [-0.2, -0.15) is 4.98 Å². The van der Waals surface area contributed by atoms with Gasteiger partial charge in [-0.25, -0.2) is 9.97 Å². The highest BCUT2D eigenvalue weighted by atomic mass is 16.5. The molecule has 7 heteroatoms. The van der Waals surface area contributed by atoms with Crippen molar-refractivity contribution in [3.63, 3.8) is 0 Å². The van der Waals surface area contributed by atoms with Gasteiger partial charge in [0.25, 0.3) is 0 Å². The van der Waals surface area contributed by atoms with Gasteiger partial charge in [0.2, 0.25) is 11.8 Å². The number of anilines is 1. The fourth-order valence-electron chi connectivity index (χ4n) is 2.84. The topological polar surface area (TPSA) is 59.3 Å². The van der Waals surface area contributed by atoms with Crippen LogP contribution >= 0.6 is 0 Å². The van der Waals surface area contributed by atoms with Gasteiger partial charge in [0, 0.05) is 57.4 Å². The minimum Gasteiger partial charge on any atom is -0.481 e. The molecule has 1 fully saturated rings. The molecule has 3 rings (SSSR count). The lowest BCUT2D eigenvalue weighted by atomic mass is 10.3. The summed E-state index contributed by atoms with van der Waals surface area (Å²) in [4.78, 5) is 17.9. The van der Waals surface area contributed by atoms with E-state index in [0.717, 1.165) is 57.5 Å². The van der Waals surface area contributed by atoms with E-state index in [0.29, 0.717) is 5.88 Å². The molecule has 0 atom stereocenters. The summed E-state index contributed by atoms with van der Waals surface area (Å²) in [6.45, 7) is 7.94. The number of imidazole rings is 1. The number of hydrogen-bond acceptors (Lipinski definition) is 6. The zero-order valence-electron chi connectivity index (χ0n) is 13.9. The van der Waals surface area contributed by atoms with E-state index in [-0.39, 0.29) is 0 Å². The van der Waals surface area contributed by atoms with Crippen LogP contribution in [-0.2, 0) is 13.1 Å². The summed E-state index contributed by atoms with van der Waals surface area (Å²) in [5.41, 5.74) is 0. The molecule has 0 aliphatic carbocycles. The standard InChI is InChI=1S/C16H24N6O/c1-3-7-21-8-6-17-14(21)13-20-9-11-22(12-10-20)16-18-5-4-15(19-16)23-2/h4-6,8H,3,7,9-13H2,1-2H3. The predicted octanol–water partition coefficient (Wildman–Crippen LogP) is 1.41. The number of hydrogen-bond donors (Lipinski definition) is 0. The lowest BCUT2D eigenvalue weighted by Gasteiger charge is -2.34. The molecule has 3 heterocycles. The normalized spacial score (nSPS) is 15.8. The van der Waals surface area contributed by atoms with Gasteiger partial charge in [-0.15, -0.1) is 0 Å². The highest BCUT2D eigenvalue weighted by Gasteiger charge is 2.20. The van der Waals surface area contributed by atoms with Crippen molar-refractivity contribution in [3.05, 3.63) is 30.5 Å². The Morgan fingerprint density at radius 3 is 2.70 bits per heavy atom. The van der Waals surface area contributed by atoms with Crippen LogP contribution in [0, 0.1) is 0 Å². The average Bonchev–Trinajstić information content (AvgIpc) is 3.03. The summed E-state index contributed by atoms with van der Waals surface area (Å²) < 4.78 is 7.42. The number of rotatable bonds is 6. The molecule has 2 aromatic heterocycles. The van der Waals surface area contributed by atoms with Crippen molar-refractivity contribution in [2.24, 2.45) is 0 Å². The molecule has 0 radical (unpaired) electrons.